The highest BCUT2D eigenvalue weighted by Crippen LogP contribution is 2.49. The van der Waals surface area contributed by atoms with E-state index in [9.17, 15) is 19.5 Å². The lowest BCUT2D eigenvalue weighted by Gasteiger charge is -2.39. The van der Waals surface area contributed by atoms with E-state index in [-0.39, 0.29) is 41.2 Å². The van der Waals surface area contributed by atoms with Crippen molar-refractivity contribution >= 4 is 23.5 Å². The first-order valence-electron chi connectivity index (χ1n) is 14.5. The lowest BCUT2D eigenvalue weighted by Crippen LogP contribution is -2.51. The van der Waals surface area contributed by atoms with Gasteiger partial charge in [0.25, 0.3) is 5.91 Å². The molecule has 39 heavy (non-hydrogen) atoms. The Morgan fingerprint density at radius 2 is 1.72 bits per heavy atom. The molecule has 4 fully saturated rings. The van der Waals surface area contributed by atoms with E-state index in [1.807, 2.05) is 0 Å². The van der Waals surface area contributed by atoms with Crippen molar-refractivity contribution in [2.24, 2.45) is 28.6 Å². The van der Waals surface area contributed by atoms with E-state index in [0.29, 0.717) is 60.9 Å². The van der Waals surface area contributed by atoms with Crippen LogP contribution in [0.25, 0.3) is 0 Å². The predicted octanol–water partition coefficient (Wildman–Crippen LogP) is 4.14. The average molecular weight is 542 g/mol. The van der Waals surface area contributed by atoms with Gasteiger partial charge in [0.1, 0.15) is 11.5 Å². The topological polar surface area (TPSA) is 140 Å². The van der Waals surface area contributed by atoms with Crippen molar-refractivity contribution in [3.8, 4) is 11.5 Å². The van der Waals surface area contributed by atoms with Crippen LogP contribution in [0.2, 0.25) is 0 Å². The Balaban J connectivity index is 1.28. The van der Waals surface area contributed by atoms with E-state index in [1.165, 1.54) is 13.5 Å². The third-order valence-corrected chi connectivity index (χ3v) is 10.2. The fourth-order valence-electron chi connectivity index (χ4n) is 7.24. The molecule has 9 nitrogen and oxygen atoms in total. The molecule has 5 N–H and O–H groups in total. The number of aliphatic carboxylic acids is 1. The number of hydrogen-bond acceptors (Lipinski definition) is 6. The lowest BCUT2D eigenvalue weighted by molar-refractivity contribution is -0.150. The van der Waals surface area contributed by atoms with E-state index < -0.39 is 11.4 Å². The van der Waals surface area contributed by atoms with E-state index in [0.717, 1.165) is 32.1 Å². The number of amides is 2. The number of anilines is 1. The molecule has 2 bridgehead atoms. The van der Waals surface area contributed by atoms with Crippen LogP contribution >= 0.6 is 0 Å². The predicted molar refractivity (Wildman–Crippen MR) is 147 cm³/mol. The summed E-state index contributed by atoms with van der Waals surface area (Å²) in [6.07, 6.45) is 8.55. The minimum atomic E-state index is -0.784. The Hall–Kier alpha value is -2.97. The number of rotatable bonds is 9. The smallest absolute Gasteiger partial charge is 0.309 e. The Morgan fingerprint density at radius 1 is 1.03 bits per heavy atom. The Labute approximate surface area is 230 Å². The number of carboxylic acid groups (broad SMARTS) is 1. The van der Waals surface area contributed by atoms with Crippen LogP contribution in [0.5, 0.6) is 11.5 Å². The number of nitrogen functional groups attached to an aromatic ring is 1. The van der Waals surface area contributed by atoms with E-state index in [4.69, 9.17) is 15.2 Å². The molecule has 0 aromatic heterocycles. The minimum Gasteiger partial charge on any atom is -0.496 e. The highest BCUT2D eigenvalue weighted by molar-refractivity contribution is 5.99. The summed E-state index contributed by atoms with van der Waals surface area (Å²) in [6, 6.07) is 3.00. The van der Waals surface area contributed by atoms with Crippen LogP contribution in [0.3, 0.4) is 0 Å². The van der Waals surface area contributed by atoms with Gasteiger partial charge in [-0.1, -0.05) is 13.3 Å². The Morgan fingerprint density at radius 3 is 2.33 bits per heavy atom. The number of nitrogens with two attached hydrogens (primary N) is 1. The van der Waals surface area contributed by atoms with Gasteiger partial charge in [-0.05, 0) is 88.0 Å². The average Bonchev–Trinajstić information content (AvgIpc) is 3.50. The van der Waals surface area contributed by atoms with Crippen LogP contribution in [-0.2, 0) is 9.59 Å². The first kappa shape index (κ1) is 27.6. The van der Waals surface area contributed by atoms with Gasteiger partial charge in [-0.2, -0.15) is 0 Å². The third-order valence-electron chi connectivity index (χ3n) is 10.2. The number of nitrogens with one attached hydrogen (secondary N) is 2. The van der Waals surface area contributed by atoms with E-state index in [1.54, 1.807) is 19.1 Å². The van der Waals surface area contributed by atoms with Crippen LogP contribution in [0, 0.1) is 28.6 Å². The van der Waals surface area contributed by atoms with Gasteiger partial charge < -0.3 is 30.9 Å². The van der Waals surface area contributed by atoms with Gasteiger partial charge in [0.05, 0.1) is 35.8 Å². The summed E-state index contributed by atoms with van der Waals surface area (Å²) in [6.45, 7) is 4.69. The summed E-state index contributed by atoms with van der Waals surface area (Å²) in [4.78, 5) is 38.5. The van der Waals surface area contributed by atoms with Crippen LogP contribution in [0.1, 0.15) is 88.4 Å². The van der Waals surface area contributed by atoms with Gasteiger partial charge in [0.15, 0.2) is 0 Å². The number of benzene rings is 1. The zero-order valence-corrected chi connectivity index (χ0v) is 23.4. The van der Waals surface area contributed by atoms with Gasteiger partial charge in [-0.25, -0.2) is 0 Å². The van der Waals surface area contributed by atoms with Gasteiger partial charge in [0, 0.05) is 18.7 Å². The molecular formula is C30H43N3O6. The number of carbonyl (C=O) groups excluding carboxylic acids is 2. The van der Waals surface area contributed by atoms with Crippen LogP contribution in [0.4, 0.5) is 5.69 Å². The second kappa shape index (κ2) is 10.5. The maximum atomic E-state index is 13.6. The van der Waals surface area contributed by atoms with Crippen molar-refractivity contribution in [2.45, 2.75) is 90.2 Å². The van der Waals surface area contributed by atoms with E-state index >= 15 is 0 Å². The Bertz CT molecular complexity index is 1120. The molecule has 0 heterocycles. The normalized spacial score (nSPS) is 32.6. The zero-order valence-electron chi connectivity index (χ0n) is 23.4. The zero-order chi connectivity index (χ0) is 27.9. The monoisotopic (exact) mass is 541 g/mol. The maximum absolute atomic E-state index is 13.6. The molecule has 0 aliphatic heterocycles. The summed E-state index contributed by atoms with van der Waals surface area (Å²) in [5.41, 5.74) is 6.39. The molecule has 4 saturated carbocycles. The van der Waals surface area contributed by atoms with Crippen LogP contribution in [-0.4, -0.2) is 48.7 Å². The van der Waals surface area contributed by atoms with Crippen molar-refractivity contribution in [3.05, 3.63) is 17.7 Å². The first-order valence-corrected chi connectivity index (χ1v) is 14.5. The number of ether oxygens (including phenoxy) is 2. The SMILES string of the molecule is COc1cc(N)c(OC2CCC(C)(C(=O)O)CC2)cc1C(=O)N[C@@H]1[C@H]2CC[C@H](C2)[C@@H]1C(=O)NCC1(C)CCC1. The second-order valence-electron chi connectivity index (χ2n) is 13.0. The fraction of sp³-hybridized carbons (Fsp3) is 0.700. The molecule has 2 amide bonds. The molecule has 0 saturated heterocycles. The van der Waals surface area contributed by atoms with Crippen LogP contribution in [0.15, 0.2) is 12.1 Å². The summed E-state index contributed by atoms with van der Waals surface area (Å²) >= 11 is 0. The summed E-state index contributed by atoms with van der Waals surface area (Å²) < 4.78 is 11.7. The number of carboxylic acids is 1. The van der Waals surface area contributed by atoms with Gasteiger partial charge >= 0.3 is 5.97 Å². The third kappa shape index (κ3) is 5.41. The molecule has 1 aromatic carbocycles. The van der Waals surface area contributed by atoms with Crippen molar-refractivity contribution in [1.82, 2.24) is 10.6 Å². The summed E-state index contributed by atoms with van der Waals surface area (Å²) in [5.74, 6) is 0.0631. The molecule has 0 spiro atoms. The van der Waals surface area contributed by atoms with Crippen molar-refractivity contribution in [3.63, 3.8) is 0 Å². The number of methoxy groups -OCH3 is 1. The van der Waals surface area contributed by atoms with Gasteiger partial charge in [0.2, 0.25) is 5.91 Å². The minimum absolute atomic E-state index is 0.0552. The maximum Gasteiger partial charge on any atom is 0.309 e. The molecular weight excluding hydrogens is 498 g/mol. The second-order valence-corrected chi connectivity index (χ2v) is 13.0. The molecule has 4 aliphatic carbocycles. The molecule has 0 unspecified atom stereocenters. The van der Waals surface area contributed by atoms with Crippen molar-refractivity contribution in [2.75, 3.05) is 19.4 Å². The Kier molecular flexibility index (Phi) is 7.46. The van der Waals surface area contributed by atoms with Crippen molar-refractivity contribution in [1.29, 1.82) is 0 Å². The summed E-state index contributed by atoms with van der Waals surface area (Å²) in [7, 11) is 1.49. The number of hydrogen-bond donors (Lipinski definition) is 4. The van der Waals surface area contributed by atoms with Gasteiger partial charge in [-0.3, -0.25) is 14.4 Å². The first-order chi connectivity index (χ1) is 18.5. The molecule has 214 valence electrons. The molecule has 1 aromatic rings. The van der Waals surface area contributed by atoms with Crippen LogP contribution < -0.4 is 25.8 Å². The molecule has 5 rings (SSSR count). The highest BCUT2D eigenvalue weighted by Gasteiger charge is 2.51. The fourth-order valence-corrected chi connectivity index (χ4v) is 7.24. The van der Waals surface area contributed by atoms with E-state index in [2.05, 4.69) is 17.6 Å². The van der Waals surface area contributed by atoms with Crippen molar-refractivity contribution < 1.29 is 29.0 Å². The molecule has 4 atom stereocenters. The number of fused-ring (bicyclic) bond motifs is 2. The highest BCUT2D eigenvalue weighted by atomic mass is 16.5. The summed E-state index contributed by atoms with van der Waals surface area (Å²) in [5, 5.41) is 15.9. The largest absolute Gasteiger partial charge is 0.496 e. The number of carbonyl (C=O) groups is 3. The molecule has 4 aliphatic rings. The molecule has 9 heteroatoms. The van der Waals surface area contributed by atoms with Gasteiger partial charge in [-0.15, -0.1) is 0 Å². The quantitative estimate of drug-likeness (QED) is 0.345. The lowest BCUT2D eigenvalue weighted by atomic mass is 9.70. The standard InChI is InChI=1S/C30H43N3O6/c1-29(9-4-10-29)16-32-27(35)24-17-5-6-18(13-17)25(24)33-26(34)20-14-23(21(31)15-22(20)38-3)39-19-7-11-30(2,12-8-19)28(36)37/h14-15,17-19,24-25H,4-13,16,31H2,1-3H3,(H,32,35)(H,33,34)(H,36,37)/t17-,18+,19?,24+,25-,30?/m1/s1. The molecule has 0 radical (unpaired) electrons.